The molecule has 0 aromatic heterocycles. The molecular weight excluding hydrogens is 364 g/mol. The molecule has 3 heterocycles. The molecule has 1 amide bonds. The number of fused-ring (bicyclic) bond motifs is 1. The Morgan fingerprint density at radius 1 is 1.03 bits per heavy atom. The van der Waals surface area contributed by atoms with Crippen LogP contribution < -0.4 is 14.8 Å². The number of rotatable bonds is 4. The van der Waals surface area contributed by atoms with E-state index >= 15 is 0 Å². The molecule has 29 heavy (non-hydrogen) atoms. The second-order valence-electron chi connectivity index (χ2n) is 7.32. The van der Waals surface area contributed by atoms with Crippen LogP contribution in [0.25, 0.3) is 5.57 Å². The Morgan fingerprint density at radius 2 is 1.83 bits per heavy atom. The van der Waals surface area contributed by atoms with Gasteiger partial charge in [0, 0.05) is 18.0 Å². The van der Waals surface area contributed by atoms with E-state index in [1.54, 1.807) is 25.2 Å². The Labute approximate surface area is 171 Å². The van der Waals surface area contributed by atoms with Crippen molar-refractivity contribution in [2.24, 2.45) is 5.92 Å². The van der Waals surface area contributed by atoms with Crippen molar-refractivity contribution in [3.05, 3.63) is 77.7 Å². The van der Waals surface area contributed by atoms with Crippen molar-refractivity contribution in [2.45, 2.75) is 12.8 Å². The molecule has 1 N–H and O–H groups in total. The summed E-state index contributed by atoms with van der Waals surface area (Å²) in [6.07, 6.45) is 16.0. The third-order valence-electron chi connectivity index (χ3n) is 5.59. The average Bonchev–Trinajstić information content (AvgIpc) is 2.77. The summed E-state index contributed by atoms with van der Waals surface area (Å²) in [5.74, 6) is 1.74. The van der Waals surface area contributed by atoms with E-state index in [4.69, 9.17) is 9.47 Å². The van der Waals surface area contributed by atoms with Gasteiger partial charge in [0.1, 0.15) is 0 Å². The maximum atomic E-state index is 13.1. The largest absolute Gasteiger partial charge is 0.493 e. The minimum absolute atomic E-state index is 0.0545. The van der Waals surface area contributed by atoms with Crippen molar-refractivity contribution in [3.8, 4) is 11.5 Å². The Balaban J connectivity index is 1.65. The number of methoxy groups -OCH3 is 2. The fourth-order valence-electron chi connectivity index (χ4n) is 3.95. The SMILES string of the molecule is COc1ccc(C2=C\C(=O)N3C=C(C4CCNCC4)C=C\C3=C/C=C/2)cc1OC. The monoisotopic (exact) mass is 390 g/mol. The molecule has 4 rings (SSSR count). The predicted molar refractivity (Wildman–Crippen MR) is 114 cm³/mol. The minimum atomic E-state index is -0.0545. The number of nitrogens with zero attached hydrogens (tertiary/aromatic N) is 1. The zero-order valence-corrected chi connectivity index (χ0v) is 16.9. The third kappa shape index (κ3) is 4.05. The smallest absolute Gasteiger partial charge is 0.255 e. The standard InChI is InChI=1S/C24H26N2O3/c1-28-22-9-7-19(14-23(22)29-2)18-4-3-5-21-8-6-20(16-26(21)24(27)15-18)17-10-12-25-13-11-17/h3-9,14-17,25H,10-13H2,1-2H3/b4-3+,18-15+,21-5+. The van der Waals surface area contributed by atoms with E-state index in [0.717, 1.165) is 42.8 Å². The van der Waals surface area contributed by atoms with Crippen molar-refractivity contribution in [1.82, 2.24) is 10.2 Å². The molecule has 1 aromatic rings. The topological polar surface area (TPSA) is 50.8 Å². The van der Waals surface area contributed by atoms with Gasteiger partial charge >= 0.3 is 0 Å². The Hall–Kier alpha value is -3.05. The number of hydrogen-bond acceptors (Lipinski definition) is 4. The highest BCUT2D eigenvalue weighted by atomic mass is 16.5. The predicted octanol–water partition coefficient (Wildman–Crippen LogP) is 3.82. The van der Waals surface area contributed by atoms with E-state index in [9.17, 15) is 4.79 Å². The normalized spacial score (nSPS) is 24.3. The van der Waals surface area contributed by atoms with Gasteiger partial charge in [-0.05, 0) is 72.8 Å². The van der Waals surface area contributed by atoms with Crippen molar-refractivity contribution in [2.75, 3.05) is 27.3 Å². The van der Waals surface area contributed by atoms with Gasteiger partial charge in [-0.2, -0.15) is 0 Å². The third-order valence-corrected chi connectivity index (χ3v) is 5.59. The summed E-state index contributed by atoms with van der Waals surface area (Å²) in [6, 6.07) is 5.68. The molecule has 1 aromatic carbocycles. The van der Waals surface area contributed by atoms with Gasteiger partial charge in [-0.3, -0.25) is 9.69 Å². The number of nitrogens with one attached hydrogen (secondary N) is 1. The molecule has 3 aliphatic heterocycles. The quantitative estimate of drug-likeness (QED) is 0.849. The fraction of sp³-hybridized carbons (Fsp3) is 0.292. The first-order chi connectivity index (χ1) is 14.2. The van der Waals surface area contributed by atoms with Gasteiger partial charge in [0.05, 0.1) is 14.2 Å². The maximum Gasteiger partial charge on any atom is 0.255 e. The lowest BCUT2D eigenvalue weighted by atomic mass is 9.88. The van der Waals surface area contributed by atoms with Crippen LogP contribution in [-0.2, 0) is 4.79 Å². The van der Waals surface area contributed by atoms with Crippen LogP contribution in [0.4, 0.5) is 0 Å². The molecule has 5 nitrogen and oxygen atoms in total. The van der Waals surface area contributed by atoms with Crippen LogP contribution in [0.1, 0.15) is 18.4 Å². The van der Waals surface area contributed by atoms with Crippen molar-refractivity contribution in [1.29, 1.82) is 0 Å². The molecule has 0 spiro atoms. The number of ether oxygens (including phenoxy) is 2. The maximum absolute atomic E-state index is 13.1. The lowest BCUT2D eigenvalue weighted by Gasteiger charge is -2.29. The second kappa shape index (κ2) is 8.53. The number of carbonyl (C=O) groups is 1. The molecule has 0 aliphatic carbocycles. The van der Waals surface area contributed by atoms with Gasteiger partial charge in [0.15, 0.2) is 11.5 Å². The van der Waals surface area contributed by atoms with Crippen LogP contribution in [0.15, 0.2) is 72.1 Å². The summed E-state index contributed by atoms with van der Waals surface area (Å²) < 4.78 is 10.7. The van der Waals surface area contributed by atoms with Gasteiger partial charge in [-0.15, -0.1) is 0 Å². The van der Waals surface area contributed by atoms with Gasteiger partial charge in [0.25, 0.3) is 5.91 Å². The fourth-order valence-corrected chi connectivity index (χ4v) is 3.95. The van der Waals surface area contributed by atoms with Crippen LogP contribution in [0, 0.1) is 5.92 Å². The van der Waals surface area contributed by atoms with E-state index in [1.165, 1.54) is 5.57 Å². The zero-order chi connectivity index (χ0) is 20.2. The summed E-state index contributed by atoms with van der Waals surface area (Å²) in [5, 5.41) is 3.40. The molecule has 150 valence electrons. The molecular formula is C24H26N2O3. The second-order valence-corrected chi connectivity index (χ2v) is 7.32. The van der Waals surface area contributed by atoms with Crippen molar-refractivity contribution in [3.63, 3.8) is 0 Å². The Bertz CT molecular complexity index is 947. The van der Waals surface area contributed by atoms with E-state index in [1.807, 2.05) is 48.7 Å². The summed E-state index contributed by atoms with van der Waals surface area (Å²) in [6.45, 7) is 2.05. The van der Waals surface area contributed by atoms with Crippen LogP contribution >= 0.6 is 0 Å². The minimum Gasteiger partial charge on any atom is -0.493 e. The van der Waals surface area contributed by atoms with E-state index in [0.29, 0.717) is 17.4 Å². The molecule has 1 fully saturated rings. The van der Waals surface area contributed by atoms with E-state index < -0.39 is 0 Å². The van der Waals surface area contributed by atoms with Gasteiger partial charge in [-0.1, -0.05) is 24.3 Å². The molecule has 1 saturated heterocycles. The summed E-state index contributed by atoms with van der Waals surface area (Å²) >= 11 is 0. The van der Waals surface area contributed by atoms with Crippen molar-refractivity contribution >= 4 is 11.5 Å². The van der Waals surface area contributed by atoms with Crippen LogP contribution in [-0.4, -0.2) is 38.1 Å². The summed E-state index contributed by atoms with van der Waals surface area (Å²) in [7, 11) is 3.22. The lowest BCUT2D eigenvalue weighted by Crippen LogP contribution is -2.31. The van der Waals surface area contributed by atoms with E-state index in [2.05, 4.69) is 11.4 Å². The van der Waals surface area contributed by atoms with Crippen LogP contribution in [0.3, 0.4) is 0 Å². The Kier molecular flexibility index (Phi) is 5.67. The first-order valence-corrected chi connectivity index (χ1v) is 9.96. The number of piperidine rings is 1. The van der Waals surface area contributed by atoms with Crippen molar-refractivity contribution < 1.29 is 14.3 Å². The number of amides is 1. The number of benzene rings is 1. The summed E-state index contributed by atoms with van der Waals surface area (Å²) in [4.78, 5) is 14.9. The molecule has 3 aliphatic rings. The number of hydrogen-bond donors (Lipinski definition) is 1. The van der Waals surface area contributed by atoms with Crippen LogP contribution in [0.5, 0.6) is 11.5 Å². The average molecular weight is 390 g/mol. The Morgan fingerprint density at radius 3 is 2.59 bits per heavy atom. The van der Waals surface area contributed by atoms with Gasteiger partial charge < -0.3 is 14.8 Å². The lowest BCUT2D eigenvalue weighted by molar-refractivity contribution is -0.122. The molecule has 0 bridgehead atoms. The number of carbonyl (C=O) groups excluding carboxylic acids is 1. The first-order valence-electron chi connectivity index (χ1n) is 9.96. The number of allylic oxidation sites excluding steroid dienone is 7. The van der Waals surface area contributed by atoms with Gasteiger partial charge in [-0.25, -0.2) is 0 Å². The molecule has 0 radical (unpaired) electrons. The molecule has 5 heteroatoms. The molecule has 0 unspecified atom stereocenters. The first kappa shape index (κ1) is 19.3. The highest BCUT2D eigenvalue weighted by Crippen LogP contribution is 2.33. The highest BCUT2D eigenvalue weighted by molar-refractivity contribution is 6.00. The molecule has 0 saturated carbocycles. The van der Waals surface area contributed by atoms with Crippen LogP contribution in [0.2, 0.25) is 0 Å². The summed E-state index contributed by atoms with van der Waals surface area (Å²) in [5.41, 5.74) is 3.84. The zero-order valence-electron chi connectivity index (χ0n) is 16.9. The van der Waals surface area contributed by atoms with Gasteiger partial charge in [0.2, 0.25) is 0 Å². The highest BCUT2D eigenvalue weighted by Gasteiger charge is 2.23. The van der Waals surface area contributed by atoms with E-state index in [-0.39, 0.29) is 5.91 Å². The molecule has 0 atom stereocenters.